The minimum absolute atomic E-state index is 0.188. The van der Waals surface area contributed by atoms with Crippen molar-refractivity contribution in [1.82, 2.24) is 0 Å². The summed E-state index contributed by atoms with van der Waals surface area (Å²) in [6, 6.07) is 5.79. The first-order valence-electron chi connectivity index (χ1n) is 6.89. The van der Waals surface area contributed by atoms with Gasteiger partial charge >= 0.3 is 23.9 Å². The van der Waals surface area contributed by atoms with E-state index in [1.165, 1.54) is 0 Å². The van der Waals surface area contributed by atoms with Gasteiger partial charge < -0.3 is 20.4 Å². The van der Waals surface area contributed by atoms with Crippen molar-refractivity contribution in [1.29, 1.82) is 0 Å². The molecule has 0 aliphatic heterocycles. The van der Waals surface area contributed by atoms with Gasteiger partial charge in [0.2, 0.25) is 0 Å². The fourth-order valence-electron chi connectivity index (χ4n) is 2.26. The number of hydrogen-bond acceptors (Lipinski definition) is 5. The van der Waals surface area contributed by atoms with E-state index in [1.54, 1.807) is 0 Å². The molecule has 0 aliphatic rings. The Labute approximate surface area is 144 Å². The van der Waals surface area contributed by atoms with Crippen molar-refractivity contribution in [2.75, 3.05) is 0 Å². The van der Waals surface area contributed by atoms with Crippen molar-refractivity contribution in [2.45, 2.75) is 0 Å². The molecule has 0 amide bonds. The molecule has 0 aromatic heterocycles. The average molecular weight is 358 g/mol. The summed E-state index contributed by atoms with van der Waals surface area (Å²) in [4.78, 5) is 56.9. The Bertz CT molecular complexity index is 895. The van der Waals surface area contributed by atoms with Gasteiger partial charge in [-0.2, -0.15) is 0 Å². The molecule has 132 valence electrons. The number of carbonyl (C=O) groups excluding carboxylic acids is 1. The first-order valence-corrected chi connectivity index (χ1v) is 6.89. The van der Waals surface area contributed by atoms with Gasteiger partial charge in [-0.05, 0) is 24.3 Å². The number of rotatable bonds is 6. The third kappa shape index (κ3) is 3.41. The molecule has 0 atom stereocenters. The average Bonchev–Trinajstić information content (AvgIpc) is 2.59. The summed E-state index contributed by atoms with van der Waals surface area (Å²) in [5, 5.41) is 36.1. The highest BCUT2D eigenvalue weighted by Crippen LogP contribution is 2.19. The molecule has 9 heteroatoms. The van der Waals surface area contributed by atoms with Crippen LogP contribution < -0.4 is 0 Å². The first-order chi connectivity index (χ1) is 12.1. The standard InChI is InChI=1S/C17H10O9/c18-13(7-1-3-9(14(19)20)11(5-7)16(23)24)8-2-4-10(15(21)22)12(6-8)17(25)26/h1-6H,(H,19,20)(H,21,22)(H,23,24)(H,25,26). The van der Waals surface area contributed by atoms with Crippen LogP contribution in [0, 0.1) is 0 Å². The van der Waals surface area contributed by atoms with E-state index >= 15 is 0 Å². The van der Waals surface area contributed by atoms with Crippen LogP contribution in [-0.4, -0.2) is 50.1 Å². The predicted octanol–water partition coefficient (Wildman–Crippen LogP) is 1.71. The maximum atomic E-state index is 12.5. The topological polar surface area (TPSA) is 166 Å². The lowest BCUT2D eigenvalue weighted by Crippen LogP contribution is -2.13. The van der Waals surface area contributed by atoms with Gasteiger partial charge in [0.25, 0.3) is 0 Å². The molecular formula is C17H10O9. The number of carbonyl (C=O) groups is 5. The van der Waals surface area contributed by atoms with E-state index < -0.39 is 51.9 Å². The lowest BCUT2D eigenvalue weighted by Gasteiger charge is -2.08. The largest absolute Gasteiger partial charge is 0.478 e. The van der Waals surface area contributed by atoms with Gasteiger partial charge in [0.05, 0.1) is 22.3 Å². The second-order valence-electron chi connectivity index (χ2n) is 5.07. The number of ketones is 1. The third-order valence-electron chi connectivity index (χ3n) is 3.49. The second kappa shape index (κ2) is 6.85. The molecule has 0 bridgehead atoms. The number of carboxylic acids is 4. The minimum Gasteiger partial charge on any atom is -0.478 e. The van der Waals surface area contributed by atoms with Gasteiger partial charge in [-0.3, -0.25) is 4.79 Å². The van der Waals surface area contributed by atoms with E-state index in [0.717, 1.165) is 36.4 Å². The van der Waals surface area contributed by atoms with E-state index in [4.69, 9.17) is 20.4 Å². The predicted molar refractivity (Wildman–Crippen MR) is 84.2 cm³/mol. The van der Waals surface area contributed by atoms with Gasteiger partial charge in [0.1, 0.15) is 0 Å². The third-order valence-corrected chi connectivity index (χ3v) is 3.49. The van der Waals surface area contributed by atoms with Crippen LogP contribution in [0.15, 0.2) is 36.4 Å². The summed E-state index contributed by atoms with van der Waals surface area (Å²) in [5.74, 6) is -6.86. The highest BCUT2D eigenvalue weighted by Gasteiger charge is 2.22. The Balaban J connectivity index is 2.56. The Hall–Kier alpha value is -4.01. The summed E-state index contributed by atoms with van der Waals surface area (Å²) < 4.78 is 0. The van der Waals surface area contributed by atoms with Crippen LogP contribution in [0.1, 0.15) is 57.4 Å². The highest BCUT2D eigenvalue weighted by atomic mass is 16.4. The van der Waals surface area contributed by atoms with Crippen LogP contribution in [0.25, 0.3) is 0 Å². The van der Waals surface area contributed by atoms with Crippen LogP contribution in [0.3, 0.4) is 0 Å². The molecule has 0 unspecified atom stereocenters. The molecule has 2 aromatic rings. The minimum atomic E-state index is -1.55. The molecular weight excluding hydrogens is 348 g/mol. The van der Waals surface area contributed by atoms with Gasteiger partial charge in [-0.1, -0.05) is 12.1 Å². The van der Waals surface area contributed by atoms with Crippen molar-refractivity contribution in [3.05, 3.63) is 69.8 Å². The summed E-state index contributed by atoms with van der Waals surface area (Å²) in [6.45, 7) is 0. The Morgan fingerprint density at radius 1 is 0.500 bits per heavy atom. The van der Waals surface area contributed by atoms with E-state index in [0.29, 0.717) is 0 Å². The van der Waals surface area contributed by atoms with Gasteiger partial charge in [0, 0.05) is 11.1 Å². The molecule has 2 rings (SSSR count). The van der Waals surface area contributed by atoms with Gasteiger partial charge in [0.15, 0.2) is 5.78 Å². The van der Waals surface area contributed by atoms with Crippen LogP contribution in [0.4, 0.5) is 0 Å². The molecule has 4 N–H and O–H groups in total. The lowest BCUT2D eigenvalue weighted by atomic mass is 9.95. The molecule has 0 fully saturated rings. The fourth-order valence-corrected chi connectivity index (χ4v) is 2.26. The zero-order valence-electron chi connectivity index (χ0n) is 12.8. The summed E-state index contributed by atoms with van der Waals surface area (Å²) in [6.07, 6.45) is 0. The van der Waals surface area contributed by atoms with E-state index in [9.17, 15) is 24.0 Å². The molecule has 2 aromatic carbocycles. The summed E-state index contributed by atoms with van der Waals surface area (Å²) in [7, 11) is 0. The van der Waals surface area contributed by atoms with Crippen molar-refractivity contribution < 1.29 is 44.4 Å². The highest BCUT2D eigenvalue weighted by molar-refractivity contribution is 6.13. The summed E-state index contributed by atoms with van der Waals surface area (Å²) in [5.41, 5.74) is -2.62. The number of benzene rings is 2. The smallest absolute Gasteiger partial charge is 0.336 e. The maximum absolute atomic E-state index is 12.5. The second-order valence-corrected chi connectivity index (χ2v) is 5.07. The number of carboxylic acid groups (broad SMARTS) is 4. The molecule has 0 saturated heterocycles. The molecule has 0 saturated carbocycles. The zero-order valence-corrected chi connectivity index (χ0v) is 12.8. The fraction of sp³-hybridized carbons (Fsp3) is 0. The van der Waals surface area contributed by atoms with Crippen LogP contribution in [0.5, 0.6) is 0 Å². The van der Waals surface area contributed by atoms with E-state index in [2.05, 4.69) is 0 Å². The van der Waals surface area contributed by atoms with Crippen LogP contribution in [0.2, 0.25) is 0 Å². The van der Waals surface area contributed by atoms with E-state index in [-0.39, 0.29) is 11.1 Å². The van der Waals surface area contributed by atoms with Crippen molar-refractivity contribution in [3.8, 4) is 0 Å². The Morgan fingerprint density at radius 3 is 1.08 bits per heavy atom. The summed E-state index contributed by atoms with van der Waals surface area (Å²) >= 11 is 0. The molecule has 0 heterocycles. The van der Waals surface area contributed by atoms with Gasteiger partial charge in [-0.25, -0.2) is 19.2 Å². The SMILES string of the molecule is O=C(c1ccc(C(=O)O)c(C(=O)O)c1)c1ccc(C(=O)O)c(C(=O)O)c1. The molecule has 0 aliphatic carbocycles. The Kier molecular flexibility index (Phi) is 4.83. The Morgan fingerprint density at radius 2 is 0.808 bits per heavy atom. The molecule has 0 radical (unpaired) electrons. The van der Waals surface area contributed by atoms with Crippen LogP contribution >= 0.6 is 0 Å². The van der Waals surface area contributed by atoms with E-state index in [1.807, 2.05) is 0 Å². The normalized spacial score (nSPS) is 10.2. The maximum Gasteiger partial charge on any atom is 0.336 e. The van der Waals surface area contributed by atoms with Crippen molar-refractivity contribution >= 4 is 29.7 Å². The van der Waals surface area contributed by atoms with Crippen molar-refractivity contribution in [3.63, 3.8) is 0 Å². The van der Waals surface area contributed by atoms with Gasteiger partial charge in [-0.15, -0.1) is 0 Å². The zero-order chi connectivity index (χ0) is 19.6. The quantitative estimate of drug-likeness (QED) is 0.562. The number of aromatic carboxylic acids is 4. The molecule has 9 nitrogen and oxygen atoms in total. The molecule has 0 spiro atoms. The van der Waals surface area contributed by atoms with Crippen LogP contribution in [-0.2, 0) is 0 Å². The lowest BCUT2D eigenvalue weighted by molar-refractivity contribution is 0.0651. The number of hydrogen-bond donors (Lipinski definition) is 4. The molecule has 26 heavy (non-hydrogen) atoms. The first kappa shape index (κ1) is 18.3. The monoisotopic (exact) mass is 358 g/mol. The van der Waals surface area contributed by atoms with Crippen molar-refractivity contribution in [2.24, 2.45) is 0 Å².